The average Bonchev–Trinajstić information content (AvgIpc) is 1.59. The molecule has 4 aromatic rings. The molecule has 0 saturated carbocycles. The van der Waals surface area contributed by atoms with Gasteiger partial charge in [-0.25, -0.2) is 23.2 Å². The number of urea groups is 1. The number of hydrogen-bond donors (Lipinski definition) is 0. The number of amides is 7. The van der Waals surface area contributed by atoms with E-state index in [0.717, 1.165) is 177 Å². The van der Waals surface area contributed by atoms with E-state index in [4.69, 9.17) is 20.6 Å². The van der Waals surface area contributed by atoms with Crippen LogP contribution in [-0.4, -0.2) is 221 Å². The van der Waals surface area contributed by atoms with Crippen LogP contribution in [0, 0.1) is 30.9 Å². The lowest BCUT2D eigenvalue weighted by Gasteiger charge is -2.45. The summed E-state index contributed by atoms with van der Waals surface area (Å²) in [6.45, 7) is 19.9. The maximum absolute atomic E-state index is 14.3. The predicted octanol–water partition coefficient (Wildman–Crippen LogP) is 10.3. The molecule has 6 fully saturated rings. The van der Waals surface area contributed by atoms with Crippen LogP contribution in [0.3, 0.4) is 0 Å². The highest BCUT2D eigenvalue weighted by Crippen LogP contribution is 2.51. The minimum Gasteiger partial charge on any atom is -0.496 e. The standard InChI is InChI=1S/C28H35FN4O3.C23H28FN3O3.C23H33N3O3.H2/c1-30(2)27(35)33-19-28(23-18-20(29)8-9-24(23)33)12-16-31(17-13-28)21-10-14-32(15-11-21)26(34)22-6-4-5-7-25(22)36-3;1-3-14-30-22(29)26-10-6-19(7-11-26)25-12-8-23(9-13-25)16-27(17(2)28)21-5-4-18(24)15-20(21)23;1-4-29-22(28)25-12-8-19(9-13-25)24-14-10-23(11-15-24)16-26(18(3)27)20-7-5-6-17(2)21(20)23;/h4-9,18,21H,10-17,19H2,1-3H3;1,4-5,15,19H,6-14,16H2,2H3;5-7,19H,4,8-16H2,1-3H3;1H. The molecule has 95 heavy (non-hydrogen) atoms. The Bertz CT molecular complexity index is 3500. The van der Waals surface area contributed by atoms with E-state index >= 15 is 0 Å². The summed E-state index contributed by atoms with van der Waals surface area (Å²) in [5.41, 5.74) is 7.79. The highest BCUT2D eigenvalue weighted by molar-refractivity contribution is 5.98. The zero-order valence-corrected chi connectivity index (χ0v) is 56.7. The summed E-state index contributed by atoms with van der Waals surface area (Å²) in [5, 5.41) is 0. The molecule has 0 N–H and O–H groups in total. The first kappa shape index (κ1) is 68.6. The number of anilines is 3. The number of aryl methyl sites for hydroxylation is 1. The van der Waals surface area contributed by atoms with Crippen molar-refractivity contribution in [3.8, 4) is 18.1 Å². The highest BCUT2D eigenvalue weighted by Gasteiger charge is 2.51. The Labute approximate surface area is 561 Å². The topological polar surface area (TPSA) is 163 Å². The summed E-state index contributed by atoms with van der Waals surface area (Å²) in [5.74, 6) is 2.61. The fraction of sp³-hybridized carbons (Fsp3) is 0.568. The Balaban J connectivity index is 0.000000157. The van der Waals surface area contributed by atoms with Crippen molar-refractivity contribution in [2.24, 2.45) is 0 Å². The van der Waals surface area contributed by atoms with E-state index in [0.29, 0.717) is 62.2 Å². The minimum atomic E-state index is -0.335. The van der Waals surface area contributed by atoms with Crippen molar-refractivity contribution < 1.29 is 53.2 Å². The Morgan fingerprint density at radius 3 is 1.45 bits per heavy atom. The summed E-state index contributed by atoms with van der Waals surface area (Å²) in [7, 11) is 5.10. The van der Waals surface area contributed by atoms with Gasteiger partial charge < -0.3 is 58.3 Å². The third kappa shape index (κ3) is 14.2. The van der Waals surface area contributed by atoms with Gasteiger partial charge in [0.25, 0.3) is 5.91 Å². The largest absolute Gasteiger partial charge is 0.496 e. The molecule has 9 aliphatic rings. The van der Waals surface area contributed by atoms with Crippen molar-refractivity contribution in [2.75, 3.05) is 147 Å². The maximum atomic E-state index is 14.3. The second kappa shape index (κ2) is 29.3. The van der Waals surface area contributed by atoms with E-state index in [1.54, 1.807) is 74.0 Å². The molecule has 13 rings (SSSR count). The molecule has 7 amide bonds. The molecule has 4 aromatic carbocycles. The lowest BCUT2D eigenvalue weighted by Crippen LogP contribution is -2.52. The van der Waals surface area contributed by atoms with Crippen molar-refractivity contribution in [2.45, 2.75) is 139 Å². The van der Waals surface area contributed by atoms with Gasteiger partial charge >= 0.3 is 18.2 Å². The normalized spacial score (nSPS) is 21.0. The first-order valence-electron chi connectivity index (χ1n) is 34.4. The van der Waals surface area contributed by atoms with Crippen molar-refractivity contribution >= 4 is 53.0 Å². The quantitative estimate of drug-likeness (QED) is 0.161. The van der Waals surface area contributed by atoms with E-state index < -0.39 is 0 Å². The van der Waals surface area contributed by atoms with Crippen molar-refractivity contribution in [3.63, 3.8) is 0 Å². The van der Waals surface area contributed by atoms with Gasteiger partial charge in [-0.1, -0.05) is 30.2 Å². The number of nitrogens with zero attached hydrogens (tertiary/aromatic N) is 10. The molecule has 19 nitrogen and oxygen atoms in total. The second-order valence-corrected chi connectivity index (χ2v) is 27.8. The molecule has 0 aromatic heterocycles. The smallest absolute Gasteiger partial charge is 0.410 e. The molecular weight excluding hydrogens is 1210 g/mol. The van der Waals surface area contributed by atoms with Crippen LogP contribution in [0.15, 0.2) is 78.9 Å². The fourth-order valence-electron chi connectivity index (χ4n) is 17.2. The Hall–Kier alpha value is -7.80. The van der Waals surface area contributed by atoms with Crippen molar-refractivity contribution in [1.82, 2.24) is 34.3 Å². The number of benzene rings is 4. The molecule has 0 unspecified atom stereocenters. The van der Waals surface area contributed by atoms with Crippen LogP contribution in [0.1, 0.15) is 132 Å². The molecule has 21 heteroatoms. The van der Waals surface area contributed by atoms with Crippen molar-refractivity contribution in [1.29, 1.82) is 0 Å². The second-order valence-electron chi connectivity index (χ2n) is 27.8. The number of fused-ring (bicyclic) bond motifs is 6. The van der Waals surface area contributed by atoms with E-state index in [9.17, 15) is 37.5 Å². The Morgan fingerprint density at radius 1 is 0.558 bits per heavy atom. The van der Waals surface area contributed by atoms with E-state index in [-0.39, 0.29) is 71.9 Å². The van der Waals surface area contributed by atoms with Gasteiger partial charge in [0.1, 0.15) is 17.4 Å². The maximum Gasteiger partial charge on any atom is 0.410 e. The lowest BCUT2D eigenvalue weighted by atomic mass is 9.72. The summed E-state index contributed by atoms with van der Waals surface area (Å²) in [6, 6.07) is 24.7. The first-order chi connectivity index (χ1) is 45.7. The molecular formula is C74H98F2N10O9. The van der Waals surface area contributed by atoms with Crippen molar-refractivity contribution in [3.05, 3.63) is 118 Å². The van der Waals surface area contributed by atoms with Gasteiger partial charge in [-0.2, -0.15) is 0 Å². The average molecular weight is 1310 g/mol. The van der Waals surface area contributed by atoms with E-state index in [2.05, 4.69) is 45.7 Å². The van der Waals surface area contributed by atoms with E-state index in [1.807, 2.05) is 50.8 Å². The lowest BCUT2D eigenvalue weighted by molar-refractivity contribution is -0.117. The van der Waals surface area contributed by atoms with Crippen LogP contribution in [0.5, 0.6) is 5.75 Å². The number of para-hydroxylation sites is 1. The first-order valence-corrected chi connectivity index (χ1v) is 34.4. The SMILES string of the molecule is C#CCOC(=O)N1CCC(N2CCC3(CC2)CN(C(C)=O)c2ccc(F)cc23)CC1.CCOC(=O)N1CCC(N2CCC3(CC2)CN(C(C)=O)c2cccc(C)c23)CC1.COc1ccccc1C(=O)N1CCC(N2CCC3(CC2)CN(C(=O)N(C)C)c2ccc(F)cc23)CC1.[HH]. The van der Waals surface area contributed by atoms with Gasteiger partial charge in [-0.05, 0) is 207 Å². The number of methoxy groups -OCH3 is 1. The minimum absolute atomic E-state index is 0. The number of rotatable bonds is 7. The van der Waals surface area contributed by atoms with Gasteiger partial charge in [0, 0.05) is 140 Å². The van der Waals surface area contributed by atoms with Gasteiger partial charge in [-0.3, -0.25) is 19.3 Å². The highest BCUT2D eigenvalue weighted by atomic mass is 19.1. The molecule has 3 spiro atoms. The third-order valence-corrected chi connectivity index (χ3v) is 22.4. The molecule has 0 atom stereocenters. The molecule has 0 radical (unpaired) electrons. The van der Waals surface area contributed by atoms with Gasteiger partial charge in [0.05, 0.1) is 19.3 Å². The molecule has 6 saturated heterocycles. The fourth-order valence-corrected chi connectivity index (χ4v) is 17.2. The van der Waals surface area contributed by atoms with Gasteiger partial charge in [-0.15, -0.1) is 6.42 Å². The predicted molar refractivity (Wildman–Crippen MR) is 364 cm³/mol. The molecule has 0 bridgehead atoms. The monoisotopic (exact) mass is 1310 g/mol. The van der Waals surface area contributed by atoms with Gasteiger partial charge in [0.15, 0.2) is 6.61 Å². The summed E-state index contributed by atoms with van der Waals surface area (Å²) < 4.78 is 43.8. The number of halogens is 2. The number of piperidine rings is 6. The molecule has 0 aliphatic carbocycles. The molecule has 512 valence electrons. The van der Waals surface area contributed by atoms with E-state index in [1.165, 1.54) is 23.3 Å². The summed E-state index contributed by atoms with van der Waals surface area (Å²) >= 11 is 0. The van der Waals surface area contributed by atoms with Crippen LogP contribution < -0.4 is 19.4 Å². The van der Waals surface area contributed by atoms with Crippen LogP contribution in [-0.2, 0) is 35.3 Å². The molecule has 9 aliphatic heterocycles. The van der Waals surface area contributed by atoms with Crippen LogP contribution in [0.4, 0.5) is 40.2 Å². The number of terminal acetylenes is 1. The number of carbonyl (C=O) groups is 6. The number of hydrogen-bond acceptors (Lipinski definition) is 12. The number of likely N-dealkylation sites (tertiary alicyclic amines) is 6. The molecule has 9 heterocycles. The number of carbonyl (C=O) groups excluding carboxylic acids is 6. The summed E-state index contributed by atoms with van der Waals surface area (Å²) in [4.78, 5) is 94.6. The van der Waals surface area contributed by atoms with Crippen LogP contribution >= 0.6 is 0 Å². The third-order valence-electron chi connectivity index (χ3n) is 22.4. The van der Waals surface area contributed by atoms with Crippen LogP contribution in [0.25, 0.3) is 0 Å². The van der Waals surface area contributed by atoms with Crippen LogP contribution in [0.2, 0.25) is 0 Å². The summed E-state index contributed by atoms with van der Waals surface area (Å²) in [6.07, 6.45) is 16.1. The zero-order chi connectivity index (χ0) is 67.3. The van der Waals surface area contributed by atoms with Gasteiger partial charge in [0.2, 0.25) is 11.8 Å². The Morgan fingerprint density at radius 2 is 0.989 bits per heavy atom. The number of ether oxygens (including phenoxy) is 3. The zero-order valence-electron chi connectivity index (χ0n) is 56.7. The Kier molecular flexibility index (Phi) is 21.1.